The van der Waals surface area contributed by atoms with E-state index in [4.69, 9.17) is 4.74 Å². The maximum atomic E-state index is 11.9. The lowest BCUT2D eigenvalue weighted by Crippen LogP contribution is -2.14. The summed E-state index contributed by atoms with van der Waals surface area (Å²) in [6.45, 7) is 4.21. The van der Waals surface area contributed by atoms with Crippen molar-refractivity contribution in [3.05, 3.63) is 34.8 Å². The smallest absolute Gasteiger partial charge is 0.338 e. The van der Waals surface area contributed by atoms with Gasteiger partial charge in [-0.3, -0.25) is 4.79 Å². The highest BCUT2D eigenvalue weighted by Crippen LogP contribution is 2.22. The number of benzene rings is 1. The standard InChI is InChI=1S/C15H17N3O3S2/c1-3-8-21-14(20)11-4-6-12(7-5-11)16-13(19)9-22-15-18-17-10(2)23-15/h4-7H,3,8-9H2,1-2H3,(H,16,19). The minimum atomic E-state index is -0.355. The second-order valence-electron chi connectivity index (χ2n) is 4.64. The molecule has 0 saturated carbocycles. The Balaban J connectivity index is 1.82. The van der Waals surface area contributed by atoms with Gasteiger partial charge in [0.1, 0.15) is 5.01 Å². The Labute approximate surface area is 142 Å². The molecule has 2 aromatic rings. The fraction of sp³-hybridized carbons (Fsp3) is 0.333. The lowest BCUT2D eigenvalue weighted by atomic mass is 10.2. The van der Waals surface area contributed by atoms with Crippen LogP contribution in [0.15, 0.2) is 28.6 Å². The van der Waals surface area contributed by atoms with Crippen LogP contribution in [0.4, 0.5) is 5.69 Å². The van der Waals surface area contributed by atoms with Gasteiger partial charge >= 0.3 is 5.97 Å². The molecule has 0 radical (unpaired) electrons. The minimum Gasteiger partial charge on any atom is -0.462 e. The Morgan fingerprint density at radius 3 is 2.61 bits per heavy atom. The number of carbonyl (C=O) groups excluding carboxylic acids is 2. The van der Waals surface area contributed by atoms with Gasteiger partial charge in [-0.2, -0.15) is 0 Å². The zero-order valence-electron chi connectivity index (χ0n) is 12.9. The van der Waals surface area contributed by atoms with Gasteiger partial charge in [-0.05, 0) is 37.6 Å². The molecule has 6 nitrogen and oxygen atoms in total. The monoisotopic (exact) mass is 351 g/mol. The molecule has 0 bridgehead atoms. The number of amides is 1. The molecule has 0 fully saturated rings. The van der Waals surface area contributed by atoms with Crippen LogP contribution in [0.25, 0.3) is 0 Å². The Morgan fingerprint density at radius 2 is 2.00 bits per heavy atom. The van der Waals surface area contributed by atoms with Gasteiger partial charge < -0.3 is 10.1 Å². The van der Waals surface area contributed by atoms with Crippen LogP contribution in [0.2, 0.25) is 0 Å². The number of nitrogens with zero attached hydrogens (tertiary/aromatic N) is 2. The maximum Gasteiger partial charge on any atom is 0.338 e. The van der Waals surface area contributed by atoms with Crippen LogP contribution in [0.1, 0.15) is 28.7 Å². The summed E-state index contributed by atoms with van der Waals surface area (Å²) in [5.74, 6) is -0.231. The summed E-state index contributed by atoms with van der Waals surface area (Å²) in [4.78, 5) is 23.6. The highest BCUT2D eigenvalue weighted by atomic mass is 32.2. The molecule has 0 unspecified atom stereocenters. The molecule has 1 aromatic carbocycles. The average Bonchev–Trinajstić information content (AvgIpc) is 2.97. The molecule has 1 aromatic heterocycles. The van der Waals surface area contributed by atoms with E-state index in [2.05, 4.69) is 15.5 Å². The number of aryl methyl sites for hydroxylation is 1. The molecule has 0 aliphatic heterocycles. The van der Waals surface area contributed by atoms with Crippen molar-refractivity contribution in [2.24, 2.45) is 0 Å². The Kier molecular flexibility index (Phi) is 6.54. The highest BCUT2D eigenvalue weighted by Gasteiger charge is 2.09. The number of aromatic nitrogens is 2. The molecule has 0 saturated heterocycles. The summed E-state index contributed by atoms with van der Waals surface area (Å²) in [5.41, 5.74) is 1.10. The van der Waals surface area contributed by atoms with Crippen molar-refractivity contribution in [3.63, 3.8) is 0 Å². The molecule has 122 valence electrons. The number of carbonyl (C=O) groups is 2. The summed E-state index contributed by atoms with van der Waals surface area (Å²) in [6.07, 6.45) is 0.783. The van der Waals surface area contributed by atoms with Crippen LogP contribution in [-0.2, 0) is 9.53 Å². The minimum absolute atomic E-state index is 0.135. The van der Waals surface area contributed by atoms with Gasteiger partial charge in [0.15, 0.2) is 4.34 Å². The van der Waals surface area contributed by atoms with Crippen molar-refractivity contribution in [1.29, 1.82) is 0 Å². The third-order valence-corrected chi connectivity index (χ3v) is 4.65. The van der Waals surface area contributed by atoms with E-state index in [0.717, 1.165) is 15.8 Å². The van der Waals surface area contributed by atoms with E-state index in [9.17, 15) is 9.59 Å². The summed E-state index contributed by atoms with van der Waals surface area (Å²) in [7, 11) is 0. The fourth-order valence-corrected chi connectivity index (χ4v) is 3.24. The Hall–Kier alpha value is -1.93. The SMILES string of the molecule is CCCOC(=O)c1ccc(NC(=O)CSc2nnc(C)s2)cc1. The summed E-state index contributed by atoms with van der Waals surface area (Å²) in [5, 5.41) is 11.5. The van der Waals surface area contributed by atoms with E-state index in [1.807, 2.05) is 13.8 Å². The van der Waals surface area contributed by atoms with Gasteiger partial charge in [0.05, 0.1) is 17.9 Å². The summed E-state index contributed by atoms with van der Waals surface area (Å²) in [6, 6.07) is 6.63. The first-order valence-electron chi connectivity index (χ1n) is 7.08. The lowest BCUT2D eigenvalue weighted by molar-refractivity contribution is -0.113. The molecular weight excluding hydrogens is 334 g/mol. The number of rotatable bonds is 7. The van der Waals surface area contributed by atoms with Gasteiger partial charge in [-0.15, -0.1) is 10.2 Å². The number of thioether (sulfide) groups is 1. The number of hydrogen-bond acceptors (Lipinski definition) is 7. The zero-order chi connectivity index (χ0) is 16.7. The third-order valence-electron chi connectivity index (χ3n) is 2.68. The molecule has 0 aliphatic carbocycles. The second-order valence-corrected chi connectivity index (χ2v) is 7.04. The number of ether oxygens (including phenoxy) is 1. The quantitative estimate of drug-likeness (QED) is 0.610. The topological polar surface area (TPSA) is 81.2 Å². The average molecular weight is 351 g/mol. The van der Waals surface area contributed by atoms with E-state index >= 15 is 0 Å². The van der Waals surface area contributed by atoms with Crippen molar-refractivity contribution in [2.45, 2.75) is 24.6 Å². The van der Waals surface area contributed by atoms with E-state index in [-0.39, 0.29) is 17.6 Å². The molecule has 1 amide bonds. The van der Waals surface area contributed by atoms with E-state index in [0.29, 0.717) is 17.9 Å². The molecule has 2 rings (SSSR count). The molecular formula is C15H17N3O3S2. The first-order chi connectivity index (χ1) is 11.1. The van der Waals surface area contributed by atoms with Crippen molar-refractivity contribution < 1.29 is 14.3 Å². The van der Waals surface area contributed by atoms with Crippen LogP contribution in [0.5, 0.6) is 0 Å². The number of nitrogens with one attached hydrogen (secondary N) is 1. The number of hydrogen-bond donors (Lipinski definition) is 1. The first-order valence-corrected chi connectivity index (χ1v) is 8.88. The molecule has 8 heteroatoms. The van der Waals surface area contributed by atoms with Crippen LogP contribution in [0, 0.1) is 6.92 Å². The maximum absolute atomic E-state index is 11.9. The first kappa shape index (κ1) is 17.4. The van der Waals surface area contributed by atoms with Crippen molar-refractivity contribution >= 4 is 40.7 Å². The second kappa shape index (κ2) is 8.64. The van der Waals surface area contributed by atoms with E-state index < -0.39 is 0 Å². The largest absolute Gasteiger partial charge is 0.462 e. The molecule has 1 N–H and O–H groups in total. The normalized spacial score (nSPS) is 10.3. The van der Waals surface area contributed by atoms with Gasteiger partial charge in [0, 0.05) is 5.69 Å². The summed E-state index contributed by atoms with van der Waals surface area (Å²) < 4.78 is 5.82. The Bertz CT molecular complexity index is 671. The Morgan fingerprint density at radius 1 is 1.26 bits per heavy atom. The highest BCUT2D eigenvalue weighted by molar-refractivity contribution is 8.01. The fourth-order valence-electron chi connectivity index (χ4n) is 1.63. The lowest BCUT2D eigenvalue weighted by Gasteiger charge is -2.06. The van der Waals surface area contributed by atoms with E-state index in [1.54, 1.807) is 24.3 Å². The van der Waals surface area contributed by atoms with Gasteiger partial charge in [0.25, 0.3) is 0 Å². The molecule has 23 heavy (non-hydrogen) atoms. The van der Waals surface area contributed by atoms with Crippen molar-refractivity contribution in [3.8, 4) is 0 Å². The predicted molar refractivity (Wildman–Crippen MR) is 91.0 cm³/mol. The predicted octanol–water partition coefficient (Wildman–Crippen LogP) is 3.14. The van der Waals surface area contributed by atoms with Gasteiger partial charge in [0.2, 0.25) is 5.91 Å². The molecule has 0 aliphatic rings. The number of anilines is 1. The summed E-state index contributed by atoms with van der Waals surface area (Å²) >= 11 is 2.80. The van der Waals surface area contributed by atoms with Gasteiger partial charge in [-0.25, -0.2) is 4.79 Å². The molecule has 0 atom stereocenters. The van der Waals surface area contributed by atoms with Crippen molar-refractivity contribution in [1.82, 2.24) is 10.2 Å². The van der Waals surface area contributed by atoms with E-state index in [1.165, 1.54) is 23.1 Å². The van der Waals surface area contributed by atoms with Crippen LogP contribution < -0.4 is 5.32 Å². The van der Waals surface area contributed by atoms with Crippen LogP contribution in [0.3, 0.4) is 0 Å². The molecule has 1 heterocycles. The van der Waals surface area contributed by atoms with Crippen molar-refractivity contribution in [2.75, 3.05) is 17.7 Å². The van der Waals surface area contributed by atoms with Crippen LogP contribution in [-0.4, -0.2) is 34.4 Å². The van der Waals surface area contributed by atoms with Gasteiger partial charge in [-0.1, -0.05) is 30.0 Å². The van der Waals surface area contributed by atoms with Crippen LogP contribution >= 0.6 is 23.1 Å². The zero-order valence-corrected chi connectivity index (χ0v) is 14.5. The number of esters is 1. The molecule has 0 spiro atoms. The third kappa shape index (κ3) is 5.65.